The monoisotopic (exact) mass is 1410 g/mol. The largest absolute Gasteiger partial charge is 0.472 e. The smallest absolute Gasteiger partial charge is 0.462 e. The van der Waals surface area contributed by atoms with Crippen LogP contribution in [0, 0.1) is 17.8 Å². The summed E-state index contributed by atoms with van der Waals surface area (Å²) in [7, 11) is -9.93. The van der Waals surface area contributed by atoms with E-state index >= 15 is 0 Å². The number of rotatable bonds is 73. The topological polar surface area (TPSA) is 237 Å². The molecular weight excluding hydrogens is 1260 g/mol. The lowest BCUT2D eigenvalue weighted by molar-refractivity contribution is -0.161. The maximum absolute atomic E-state index is 13.1. The number of aliphatic hydroxyl groups excluding tert-OH is 1. The summed E-state index contributed by atoms with van der Waals surface area (Å²) in [4.78, 5) is 72.8. The fraction of sp³-hybridized carbons (Fsp3) is 0.896. The van der Waals surface area contributed by atoms with E-state index < -0.39 is 97.5 Å². The molecule has 0 heterocycles. The molecule has 96 heavy (non-hydrogen) atoms. The van der Waals surface area contributed by atoms with Crippen LogP contribution in [-0.4, -0.2) is 96.7 Å². The van der Waals surface area contributed by atoms with Crippen LogP contribution in [-0.2, 0) is 65.4 Å². The van der Waals surface area contributed by atoms with Gasteiger partial charge in [-0.05, 0) is 69.1 Å². The summed E-state index contributed by atoms with van der Waals surface area (Å²) in [5.41, 5.74) is 0. The van der Waals surface area contributed by atoms with Gasteiger partial charge in [-0.3, -0.25) is 37.3 Å². The Morgan fingerprint density at radius 1 is 0.344 bits per heavy atom. The Morgan fingerprint density at radius 2 is 0.615 bits per heavy atom. The number of allylic oxidation sites excluding steroid dienone is 4. The quantitative estimate of drug-likeness (QED) is 0.0169. The third kappa shape index (κ3) is 67.4. The summed E-state index contributed by atoms with van der Waals surface area (Å²) in [5, 5.41) is 10.6. The molecule has 0 aliphatic rings. The third-order valence-corrected chi connectivity index (χ3v) is 19.9. The number of phosphoric ester groups is 2. The molecule has 4 unspecified atom stereocenters. The molecule has 17 nitrogen and oxygen atoms in total. The van der Waals surface area contributed by atoms with Crippen LogP contribution in [0.2, 0.25) is 0 Å². The Bertz CT molecular complexity index is 1970. The zero-order valence-electron chi connectivity index (χ0n) is 62.3. The fourth-order valence-electron chi connectivity index (χ4n) is 11.2. The van der Waals surface area contributed by atoms with Crippen molar-refractivity contribution in [2.75, 3.05) is 39.6 Å². The second-order valence-electron chi connectivity index (χ2n) is 28.0. The minimum absolute atomic E-state index is 0.100. The summed E-state index contributed by atoms with van der Waals surface area (Å²) in [6, 6.07) is 0. The summed E-state index contributed by atoms with van der Waals surface area (Å²) in [5.74, 6) is 0.175. The molecule has 0 aromatic heterocycles. The zero-order valence-corrected chi connectivity index (χ0v) is 64.1. The van der Waals surface area contributed by atoms with Gasteiger partial charge < -0.3 is 33.8 Å². The molecular formula is C77H146O17P2. The van der Waals surface area contributed by atoms with Crippen molar-refractivity contribution in [3.05, 3.63) is 24.3 Å². The van der Waals surface area contributed by atoms with E-state index in [9.17, 15) is 43.2 Å². The van der Waals surface area contributed by atoms with Crippen molar-refractivity contribution in [3.8, 4) is 0 Å². The van der Waals surface area contributed by atoms with E-state index in [0.29, 0.717) is 25.7 Å². The van der Waals surface area contributed by atoms with Crippen LogP contribution in [0.15, 0.2) is 24.3 Å². The van der Waals surface area contributed by atoms with Gasteiger partial charge in [0.05, 0.1) is 26.4 Å². The molecule has 7 atom stereocenters. The van der Waals surface area contributed by atoms with Gasteiger partial charge in [0.25, 0.3) is 0 Å². The average molecular weight is 1410 g/mol. The molecule has 0 aromatic rings. The first-order valence-corrected chi connectivity index (χ1v) is 42.2. The van der Waals surface area contributed by atoms with E-state index in [-0.39, 0.29) is 25.7 Å². The van der Waals surface area contributed by atoms with Crippen molar-refractivity contribution in [1.29, 1.82) is 0 Å². The number of unbranched alkanes of at least 4 members (excludes halogenated alkanes) is 36. The SMILES string of the molecule is CCCCCC/C=C\C=C/CCCCCCCC(=O)OC[C@H](COP(=O)(O)OC[C@@H](O)COP(=O)(O)OC[C@@H](COC(=O)CCCCCCCCC(C)CC)OC(=O)CCCCCCCCCCCCC(C)C)OC(=O)CCCCCCCCCCCCCCCCC(C)CC. The molecule has 0 aromatic carbocycles. The van der Waals surface area contributed by atoms with Crippen molar-refractivity contribution < 1.29 is 80.2 Å². The highest BCUT2D eigenvalue weighted by molar-refractivity contribution is 7.47. The molecule has 0 aliphatic carbocycles. The van der Waals surface area contributed by atoms with Gasteiger partial charge in [-0.15, -0.1) is 0 Å². The van der Waals surface area contributed by atoms with Crippen LogP contribution in [0.4, 0.5) is 0 Å². The predicted octanol–water partition coefficient (Wildman–Crippen LogP) is 22.1. The molecule has 0 bridgehead atoms. The number of esters is 4. The van der Waals surface area contributed by atoms with Gasteiger partial charge in [-0.2, -0.15) is 0 Å². The molecule has 0 aliphatic heterocycles. The first-order chi connectivity index (χ1) is 46.3. The fourth-order valence-corrected chi connectivity index (χ4v) is 12.8. The highest BCUT2D eigenvalue weighted by Gasteiger charge is 2.30. The van der Waals surface area contributed by atoms with Crippen molar-refractivity contribution in [2.45, 2.75) is 388 Å². The summed E-state index contributed by atoms with van der Waals surface area (Å²) in [6.45, 7) is 11.8. The summed E-state index contributed by atoms with van der Waals surface area (Å²) >= 11 is 0. The van der Waals surface area contributed by atoms with Gasteiger partial charge in [0, 0.05) is 25.7 Å². The molecule has 0 rings (SSSR count). The highest BCUT2D eigenvalue weighted by Crippen LogP contribution is 2.45. The minimum Gasteiger partial charge on any atom is -0.462 e. The van der Waals surface area contributed by atoms with Crippen LogP contribution >= 0.6 is 15.6 Å². The second-order valence-corrected chi connectivity index (χ2v) is 30.9. The van der Waals surface area contributed by atoms with Gasteiger partial charge >= 0.3 is 39.5 Å². The van der Waals surface area contributed by atoms with E-state index in [1.807, 2.05) is 0 Å². The van der Waals surface area contributed by atoms with Crippen LogP contribution in [0.5, 0.6) is 0 Å². The van der Waals surface area contributed by atoms with Gasteiger partial charge in [-0.1, -0.05) is 317 Å². The van der Waals surface area contributed by atoms with Crippen LogP contribution in [0.1, 0.15) is 370 Å². The predicted molar refractivity (Wildman–Crippen MR) is 390 cm³/mol. The Labute approximate surface area is 586 Å². The molecule has 0 amide bonds. The lowest BCUT2D eigenvalue weighted by Crippen LogP contribution is -2.30. The first kappa shape index (κ1) is 93.5. The second kappa shape index (κ2) is 67.1. The Morgan fingerprint density at radius 3 is 0.927 bits per heavy atom. The first-order valence-electron chi connectivity index (χ1n) is 39.2. The van der Waals surface area contributed by atoms with E-state index in [1.165, 1.54) is 154 Å². The normalized spacial score (nSPS) is 14.8. The molecule has 0 radical (unpaired) electrons. The van der Waals surface area contributed by atoms with Gasteiger partial charge in [0.15, 0.2) is 12.2 Å². The van der Waals surface area contributed by atoms with Crippen molar-refractivity contribution in [2.24, 2.45) is 17.8 Å². The van der Waals surface area contributed by atoms with Gasteiger partial charge in [0.2, 0.25) is 0 Å². The number of carbonyl (C=O) groups is 4. The van der Waals surface area contributed by atoms with Gasteiger partial charge in [0.1, 0.15) is 19.3 Å². The number of carbonyl (C=O) groups excluding carboxylic acids is 4. The third-order valence-electron chi connectivity index (χ3n) is 18.0. The van der Waals surface area contributed by atoms with E-state index in [0.717, 1.165) is 133 Å². The van der Waals surface area contributed by atoms with E-state index in [4.69, 9.17) is 37.0 Å². The van der Waals surface area contributed by atoms with E-state index in [1.54, 1.807) is 0 Å². The van der Waals surface area contributed by atoms with Crippen LogP contribution in [0.3, 0.4) is 0 Å². The van der Waals surface area contributed by atoms with Crippen molar-refractivity contribution in [1.82, 2.24) is 0 Å². The highest BCUT2D eigenvalue weighted by atomic mass is 31.2. The Kier molecular flexibility index (Phi) is 65.3. The Balaban J connectivity index is 5.29. The van der Waals surface area contributed by atoms with E-state index in [2.05, 4.69) is 72.8 Å². The average Bonchev–Trinajstić information content (AvgIpc) is 2.01. The molecule has 0 saturated heterocycles. The van der Waals surface area contributed by atoms with Crippen LogP contribution < -0.4 is 0 Å². The van der Waals surface area contributed by atoms with Crippen molar-refractivity contribution >= 4 is 39.5 Å². The number of ether oxygens (including phenoxy) is 4. The minimum atomic E-state index is -4.97. The lowest BCUT2D eigenvalue weighted by Gasteiger charge is -2.21. The lowest BCUT2D eigenvalue weighted by atomic mass is 9.99. The maximum Gasteiger partial charge on any atom is 0.472 e. The molecule has 0 spiro atoms. The molecule has 0 saturated carbocycles. The molecule has 0 fully saturated rings. The number of aliphatic hydroxyl groups is 1. The molecule has 566 valence electrons. The zero-order chi connectivity index (χ0) is 70.9. The Hall–Kier alpha value is -2.46. The molecule has 19 heteroatoms. The number of phosphoric acid groups is 2. The molecule has 3 N–H and O–H groups in total. The number of hydrogen-bond acceptors (Lipinski definition) is 15. The maximum atomic E-state index is 13.1. The number of hydrogen-bond donors (Lipinski definition) is 3. The van der Waals surface area contributed by atoms with Gasteiger partial charge in [-0.25, -0.2) is 9.13 Å². The summed E-state index contributed by atoms with van der Waals surface area (Å²) in [6.07, 6.45) is 56.2. The summed E-state index contributed by atoms with van der Waals surface area (Å²) < 4.78 is 68.5. The standard InChI is InChI=1S/C77H146O17P2/c1-8-11-12-13-14-15-16-17-18-22-25-31-36-44-51-58-74(79)87-64-72(93-76(81)60-53-46-37-32-26-23-20-19-21-24-30-35-42-49-56-69(6)9-2)66-91-95(83,84)89-62-71(78)63-90-96(85,86)92-67-73(65-88-75(80)59-52-45-40-39-43-50-57-70(7)10-3)94-77(82)61-54-47-38-33-28-27-29-34-41-48-55-68(4)5/h15-18,68-73,78H,8-14,19-67H2,1-7H3,(H,83,84)(H,85,86)/b16-15-,18-17-/t69?,70?,71-,72-,73-/m1/s1. The van der Waals surface area contributed by atoms with Crippen LogP contribution in [0.25, 0.3) is 0 Å². The van der Waals surface area contributed by atoms with Crippen molar-refractivity contribution in [3.63, 3.8) is 0 Å².